The average Bonchev–Trinajstić information content (AvgIpc) is 2.79. The molecule has 170 valence electrons. The van der Waals surface area contributed by atoms with Gasteiger partial charge in [-0.15, -0.1) is 0 Å². The number of hydrogen-bond acceptors (Lipinski definition) is 3. The predicted octanol–water partition coefficient (Wildman–Crippen LogP) is 5.34. The van der Waals surface area contributed by atoms with Crippen LogP contribution in [0.5, 0.6) is 0 Å². The summed E-state index contributed by atoms with van der Waals surface area (Å²) >= 11 is 0. The van der Waals surface area contributed by atoms with E-state index in [-0.39, 0.29) is 11.4 Å². The molecule has 4 heteroatoms. The third kappa shape index (κ3) is 7.72. The summed E-state index contributed by atoms with van der Waals surface area (Å²) in [6, 6.07) is 21.4. The number of benzene rings is 2. The molecular formula is C27H40O3Si. The van der Waals surface area contributed by atoms with Crippen molar-refractivity contribution in [1.29, 1.82) is 0 Å². The third-order valence-corrected chi connectivity index (χ3v) is 10.3. The van der Waals surface area contributed by atoms with Crippen LogP contribution < -0.4 is 10.4 Å². The van der Waals surface area contributed by atoms with E-state index in [9.17, 15) is 0 Å². The maximum Gasteiger partial charge on any atom is 0.261 e. The molecule has 31 heavy (non-hydrogen) atoms. The van der Waals surface area contributed by atoms with E-state index in [1.54, 1.807) is 0 Å². The lowest BCUT2D eigenvalue weighted by Crippen LogP contribution is -2.66. The number of ether oxygens (including phenoxy) is 2. The zero-order chi connectivity index (χ0) is 23.3. The van der Waals surface area contributed by atoms with Crippen LogP contribution in [0.4, 0.5) is 0 Å². The zero-order valence-corrected chi connectivity index (χ0v) is 20.7. The Bertz CT molecular complexity index is 735. The van der Waals surface area contributed by atoms with Crippen molar-refractivity contribution in [3.8, 4) is 0 Å². The largest absolute Gasteiger partial charge is 0.407 e. The van der Waals surface area contributed by atoms with Gasteiger partial charge >= 0.3 is 0 Å². The molecule has 2 aromatic rings. The highest BCUT2D eigenvalue weighted by Crippen LogP contribution is 2.36. The standard InChI is InChI=1S/C27H40O3Si/c1-5-6-13-20-28-21-14-22-29-23-15-24-30-31(27(2,3)4,25-16-9-7-10-17-25)26-18-11-8-12-19-26/h6-13,16-19H,5,14-15,20-24H2,1-4H3/b13-6-/i14T. The van der Waals surface area contributed by atoms with Gasteiger partial charge in [-0.3, -0.25) is 0 Å². The minimum absolute atomic E-state index is 0.0214. The first kappa shape index (κ1) is 23.9. The summed E-state index contributed by atoms with van der Waals surface area (Å²) in [6.07, 6.45) is 5.52. The molecule has 0 aliphatic rings. The molecule has 0 radical (unpaired) electrons. The van der Waals surface area contributed by atoms with Crippen LogP contribution in [0, 0.1) is 0 Å². The molecule has 0 aliphatic carbocycles. The van der Waals surface area contributed by atoms with E-state index in [1.807, 2.05) is 6.08 Å². The maximum absolute atomic E-state index is 8.04. The van der Waals surface area contributed by atoms with Gasteiger partial charge in [0.25, 0.3) is 8.32 Å². The number of rotatable bonds is 14. The van der Waals surface area contributed by atoms with E-state index in [2.05, 4.69) is 94.4 Å². The van der Waals surface area contributed by atoms with Crippen LogP contribution in [0.25, 0.3) is 0 Å². The molecule has 0 aromatic heterocycles. The van der Waals surface area contributed by atoms with Gasteiger partial charge in [0, 0.05) is 27.8 Å². The first-order valence-corrected chi connectivity index (χ1v) is 13.3. The summed E-state index contributed by atoms with van der Waals surface area (Å²) < 4.78 is 26.1. The van der Waals surface area contributed by atoms with Crippen LogP contribution in [0.15, 0.2) is 72.8 Å². The Morgan fingerprint density at radius 2 is 1.39 bits per heavy atom. The Morgan fingerprint density at radius 1 is 0.806 bits per heavy atom. The average molecular weight is 443 g/mol. The molecule has 2 rings (SSSR count). The molecule has 0 N–H and O–H groups in total. The maximum atomic E-state index is 8.04. The minimum Gasteiger partial charge on any atom is -0.407 e. The number of hydrogen-bond donors (Lipinski definition) is 0. The van der Waals surface area contributed by atoms with Crippen molar-refractivity contribution in [2.75, 3.05) is 33.0 Å². The lowest BCUT2D eigenvalue weighted by atomic mass is 10.2. The fourth-order valence-corrected chi connectivity index (χ4v) is 8.42. The molecule has 2 aromatic carbocycles. The van der Waals surface area contributed by atoms with Crippen LogP contribution in [0.3, 0.4) is 0 Å². The van der Waals surface area contributed by atoms with Crippen LogP contribution in [-0.4, -0.2) is 41.4 Å². The Kier molecular flexibility index (Phi) is 10.5. The van der Waals surface area contributed by atoms with Gasteiger partial charge in [0.1, 0.15) is 0 Å². The zero-order valence-electron chi connectivity index (χ0n) is 20.7. The van der Waals surface area contributed by atoms with E-state index < -0.39 is 8.32 Å². The Hall–Kier alpha value is -1.72. The van der Waals surface area contributed by atoms with Gasteiger partial charge in [0.2, 0.25) is 0 Å². The fraction of sp³-hybridized carbons (Fsp3) is 0.481. The van der Waals surface area contributed by atoms with Gasteiger partial charge in [-0.05, 0) is 34.7 Å². The van der Waals surface area contributed by atoms with E-state index in [1.165, 1.54) is 10.4 Å². The van der Waals surface area contributed by atoms with E-state index in [0.29, 0.717) is 33.0 Å². The van der Waals surface area contributed by atoms with Crippen LogP contribution in [0.1, 0.15) is 48.3 Å². The van der Waals surface area contributed by atoms with E-state index in [4.69, 9.17) is 15.3 Å². The monoisotopic (exact) mass is 442 g/mol. The van der Waals surface area contributed by atoms with Gasteiger partial charge in [-0.1, -0.05) is 101 Å². The minimum atomic E-state index is -2.48. The topological polar surface area (TPSA) is 27.7 Å². The Balaban J connectivity index is 1.93. The predicted molar refractivity (Wildman–Crippen MR) is 134 cm³/mol. The van der Waals surface area contributed by atoms with E-state index >= 15 is 0 Å². The summed E-state index contributed by atoms with van der Waals surface area (Å²) in [7, 11) is -2.48. The lowest BCUT2D eigenvalue weighted by Gasteiger charge is -2.43. The summed E-state index contributed by atoms with van der Waals surface area (Å²) in [5, 5.41) is 2.56. The summed E-state index contributed by atoms with van der Waals surface area (Å²) in [6.45, 7) is 11.5. The quantitative estimate of drug-likeness (QED) is 0.224. The van der Waals surface area contributed by atoms with Crippen LogP contribution in [-0.2, 0) is 13.9 Å². The third-order valence-electron chi connectivity index (χ3n) is 5.26. The fourth-order valence-electron chi connectivity index (χ4n) is 3.82. The molecule has 0 aliphatic heterocycles. The second-order valence-electron chi connectivity index (χ2n) is 8.65. The molecule has 1 atom stereocenters. The van der Waals surface area contributed by atoms with Crippen molar-refractivity contribution >= 4 is 18.7 Å². The Morgan fingerprint density at radius 3 is 1.94 bits per heavy atom. The van der Waals surface area contributed by atoms with Gasteiger partial charge in [-0.2, -0.15) is 0 Å². The molecule has 0 fully saturated rings. The van der Waals surface area contributed by atoms with Crippen molar-refractivity contribution in [3.05, 3.63) is 72.8 Å². The van der Waals surface area contributed by atoms with Crippen LogP contribution >= 0.6 is 0 Å². The van der Waals surface area contributed by atoms with Gasteiger partial charge < -0.3 is 13.9 Å². The smallest absolute Gasteiger partial charge is 0.261 e. The molecule has 1 unspecified atom stereocenters. The summed E-state index contributed by atoms with van der Waals surface area (Å²) in [4.78, 5) is 0. The molecule has 0 spiro atoms. The molecule has 0 bridgehead atoms. The Labute approximate surface area is 192 Å². The van der Waals surface area contributed by atoms with E-state index in [0.717, 1.165) is 12.8 Å². The summed E-state index contributed by atoms with van der Waals surface area (Å²) in [5.74, 6) is 0. The van der Waals surface area contributed by atoms with Crippen LogP contribution in [0.2, 0.25) is 5.04 Å². The van der Waals surface area contributed by atoms with Crippen molar-refractivity contribution < 1.29 is 15.3 Å². The van der Waals surface area contributed by atoms with Crippen molar-refractivity contribution in [2.24, 2.45) is 0 Å². The summed E-state index contributed by atoms with van der Waals surface area (Å²) in [5.41, 5.74) is 0. The van der Waals surface area contributed by atoms with Gasteiger partial charge in [-0.25, -0.2) is 0 Å². The molecule has 0 amide bonds. The second-order valence-corrected chi connectivity index (χ2v) is 13.0. The normalized spacial score (nSPS) is 14.0. The SMILES string of the molecule is [3H]C(COC/C=C\CC)COCCCO[Si](c1ccccc1)(c1ccccc1)C(C)(C)C. The molecule has 3 nitrogen and oxygen atoms in total. The first-order valence-electron chi connectivity index (χ1n) is 12.0. The number of allylic oxidation sites excluding steroid dienone is 1. The molecule has 0 saturated carbocycles. The van der Waals surface area contributed by atoms with Crippen molar-refractivity contribution in [2.45, 2.75) is 52.0 Å². The van der Waals surface area contributed by atoms with Crippen molar-refractivity contribution in [1.82, 2.24) is 0 Å². The highest BCUT2D eigenvalue weighted by Gasteiger charge is 2.49. The molecular weight excluding hydrogens is 400 g/mol. The van der Waals surface area contributed by atoms with Gasteiger partial charge in [0.05, 0.1) is 6.61 Å². The molecule has 0 saturated heterocycles. The lowest BCUT2D eigenvalue weighted by molar-refractivity contribution is 0.0854. The highest BCUT2D eigenvalue weighted by molar-refractivity contribution is 6.99. The van der Waals surface area contributed by atoms with Crippen molar-refractivity contribution in [3.63, 3.8) is 0 Å². The van der Waals surface area contributed by atoms with Gasteiger partial charge in [0.15, 0.2) is 0 Å². The first-order chi connectivity index (χ1) is 15.4. The highest BCUT2D eigenvalue weighted by atomic mass is 28.4. The molecule has 0 heterocycles. The second kappa shape index (κ2) is 13.6.